The average Bonchev–Trinajstić information content (AvgIpc) is 3.42. The van der Waals surface area contributed by atoms with Crippen LogP contribution in [0, 0.1) is 12.7 Å². The number of nitrogens with zero attached hydrogens (tertiary/aromatic N) is 5. The number of rotatable bonds is 3. The Kier molecular flexibility index (Phi) is 5.31. The van der Waals surface area contributed by atoms with E-state index in [1.807, 2.05) is 0 Å². The van der Waals surface area contributed by atoms with Gasteiger partial charge in [-0.15, -0.1) is 0 Å². The SMILES string of the molecule is Cc1cc(N2CCN(C3CCCC3)CC2)n2nc(C(F)(F)F)c(-c3ccc(F)cc3)c2n1. The molecule has 1 aliphatic heterocycles. The largest absolute Gasteiger partial charge is 0.435 e. The summed E-state index contributed by atoms with van der Waals surface area (Å²) in [6.45, 7) is 4.98. The van der Waals surface area contributed by atoms with Crippen molar-refractivity contribution in [3.63, 3.8) is 0 Å². The number of anilines is 1. The fourth-order valence-electron chi connectivity index (χ4n) is 5.01. The highest BCUT2D eigenvalue weighted by Crippen LogP contribution is 2.39. The molecular weight excluding hydrogens is 422 g/mol. The molecule has 32 heavy (non-hydrogen) atoms. The Morgan fingerprint density at radius 3 is 2.25 bits per heavy atom. The van der Waals surface area contributed by atoms with Gasteiger partial charge in [0.1, 0.15) is 11.6 Å². The normalized spacial score (nSPS) is 18.7. The van der Waals surface area contributed by atoms with Crippen LogP contribution in [0.25, 0.3) is 16.8 Å². The van der Waals surface area contributed by atoms with Gasteiger partial charge in [-0.05, 0) is 37.5 Å². The Morgan fingerprint density at radius 1 is 0.969 bits per heavy atom. The van der Waals surface area contributed by atoms with Gasteiger partial charge in [0.05, 0.1) is 5.56 Å². The van der Waals surface area contributed by atoms with E-state index in [1.54, 1.807) is 13.0 Å². The van der Waals surface area contributed by atoms with E-state index in [1.165, 1.54) is 42.3 Å². The zero-order valence-corrected chi connectivity index (χ0v) is 17.9. The van der Waals surface area contributed by atoms with E-state index >= 15 is 0 Å². The third-order valence-electron chi connectivity index (χ3n) is 6.58. The highest BCUT2D eigenvalue weighted by atomic mass is 19.4. The van der Waals surface area contributed by atoms with E-state index in [2.05, 4.69) is 19.9 Å². The molecule has 0 amide bonds. The molecule has 2 aliphatic rings. The summed E-state index contributed by atoms with van der Waals surface area (Å²) >= 11 is 0. The van der Waals surface area contributed by atoms with E-state index in [9.17, 15) is 17.6 Å². The smallest absolute Gasteiger partial charge is 0.354 e. The van der Waals surface area contributed by atoms with Crippen molar-refractivity contribution in [1.29, 1.82) is 0 Å². The Balaban J connectivity index is 1.57. The van der Waals surface area contributed by atoms with Gasteiger partial charge in [-0.3, -0.25) is 4.90 Å². The first-order valence-electron chi connectivity index (χ1n) is 11.0. The second-order valence-corrected chi connectivity index (χ2v) is 8.68. The highest BCUT2D eigenvalue weighted by Gasteiger charge is 2.40. The maximum Gasteiger partial charge on any atom is 0.435 e. The quantitative estimate of drug-likeness (QED) is 0.534. The maximum atomic E-state index is 14.0. The first kappa shape index (κ1) is 21.2. The first-order valence-corrected chi connectivity index (χ1v) is 11.0. The predicted molar refractivity (Wildman–Crippen MR) is 114 cm³/mol. The van der Waals surface area contributed by atoms with Crippen molar-refractivity contribution in [2.75, 3.05) is 31.1 Å². The van der Waals surface area contributed by atoms with E-state index in [0.717, 1.165) is 38.3 Å². The number of alkyl halides is 3. The monoisotopic (exact) mass is 447 g/mol. The molecule has 0 bridgehead atoms. The van der Waals surface area contributed by atoms with Crippen LogP contribution in [0.4, 0.5) is 23.4 Å². The number of halogens is 4. The van der Waals surface area contributed by atoms with Gasteiger partial charge in [0.2, 0.25) is 0 Å². The molecule has 2 aromatic heterocycles. The molecule has 170 valence electrons. The fraction of sp³-hybridized carbons (Fsp3) is 0.478. The van der Waals surface area contributed by atoms with E-state index in [4.69, 9.17) is 0 Å². The number of hydrogen-bond donors (Lipinski definition) is 0. The molecule has 5 rings (SSSR count). The number of benzene rings is 1. The second-order valence-electron chi connectivity index (χ2n) is 8.68. The topological polar surface area (TPSA) is 36.7 Å². The molecule has 2 fully saturated rings. The molecule has 9 heteroatoms. The summed E-state index contributed by atoms with van der Waals surface area (Å²) in [6.07, 6.45) is 0.342. The van der Waals surface area contributed by atoms with Crippen LogP contribution < -0.4 is 4.90 Å². The molecule has 0 N–H and O–H groups in total. The van der Waals surface area contributed by atoms with E-state index in [0.29, 0.717) is 17.6 Å². The molecule has 0 spiro atoms. The Labute approximate surface area is 183 Å². The Hall–Kier alpha value is -2.68. The lowest BCUT2D eigenvalue weighted by Gasteiger charge is -2.39. The van der Waals surface area contributed by atoms with E-state index < -0.39 is 17.7 Å². The van der Waals surface area contributed by atoms with Gasteiger partial charge in [0.25, 0.3) is 0 Å². The standard InChI is InChI=1S/C23H25F4N5/c1-15-14-19(31-12-10-30(11-13-31)18-4-2-3-5-18)32-22(28-15)20(21(29-32)23(25,26)27)16-6-8-17(24)9-7-16/h6-9,14,18H,2-5,10-13H2,1H3. The third-order valence-corrected chi connectivity index (χ3v) is 6.58. The van der Waals surface area contributed by atoms with Crippen LogP contribution in [-0.4, -0.2) is 51.7 Å². The predicted octanol–water partition coefficient (Wildman–Crippen LogP) is 4.93. The zero-order valence-electron chi connectivity index (χ0n) is 17.9. The van der Waals surface area contributed by atoms with E-state index in [-0.39, 0.29) is 16.8 Å². The summed E-state index contributed by atoms with van der Waals surface area (Å²) < 4.78 is 56.6. The lowest BCUT2D eigenvalue weighted by Crippen LogP contribution is -2.50. The third kappa shape index (κ3) is 3.83. The first-order chi connectivity index (χ1) is 15.3. The van der Waals surface area contributed by atoms with Gasteiger partial charge < -0.3 is 4.90 Å². The molecule has 3 aromatic rings. The van der Waals surface area contributed by atoms with Crippen molar-refractivity contribution in [2.45, 2.75) is 44.8 Å². The molecule has 0 unspecified atom stereocenters. The van der Waals surface area contributed by atoms with Gasteiger partial charge in [-0.1, -0.05) is 25.0 Å². The van der Waals surface area contributed by atoms with Crippen LogP contribution in [0.5, 0.6) is 0 Å². The highest BCUT2D eigenvalue weighted by molar-refractivity contribution is 5.81. The van der Waals surface area contributed by atoms with Crippen LogP contribution in [0.2, 0.25) is 0 Å². The lowest BCUT2D eigenvalue weighted by molar-refractivity contribution is -0.140. The van der Waals surface area contributed by atoms with Crippen molar-refractivity contribution in [2.24, 2.45) is 0 Å². The van der Waals surface area contributed by atoms with Crippen LogP contribution in [-0.2, 0) is 6.18 Å². The Bertz CT molecular complexity index is 1110. The van der Waals surface area contributed by atoms with Crippen molar-refractivity contribution < 1.29 is 17.6 Å². The van der Waals surface area contributed by atoms with Crippen LogP contribution >= 0.6 is 0 Å². The number of piperazine rings is 1. The number of aryl methyl sites for hydroxylation is 1. The summed E-state index contributed by atoms with van der Waals surface area (Å²) in [7, 11) is 0. The molecule has 1 saturated heterocycles. The number of aromatic nitrogens is 3. The van der Waals surface area contributed by atoms with Gasteiger partial charge in [0, 0.05) is 44.0 Å². The van der Waals surface area contributed by atoms with Crippen molar-refractivity contribution in [3.05, 3.63) is 47.5 Å². The molecule has 1 aromatic carbocycles. The molecule has 0 atom stereocenters. The van der Waals surface area contributed by atoms with Crippen molar-refractivity contribution >= 4 is 11.5 Å². The fourth-order valence-corrected chi connectivity index (χ4v) is 5.01. The Morgan fingerprint density at radius 2 is 1.62 bits per heavy atom. The minimum atomic E-state index is -4.66. The molecule has 5 nitrogen and oxygen atoms in total. The zero-order chi connectivity index (χ0) is 22.5. The summed E-state index contributed by atoms with van der Waals surface area (Å²) in [4.78, 5) is 9.01. The van der Waals surface area contributed by atoms with Crippen LogP contribution in [0.3, 0.4) is 0 Å². The summed E-state index contributed by atoms with van der Waals surface area (Å²) in [5.74, 6) is 0.0983. The lowest BCUT2D eigenvalue weighted by atomic mass is 10.1. The van der Waals surface area contributed by atoms with Crippen molar-refractivity contribution in [3.8, 4) is 11.1 Å². The van der Waals surface area contributed by atoms with Gasteiger partial charge in [-0.2, -0.15) is 22.8 Å². The molecular formula is C23H25F4N5. The average molecular weight is 447 g/mol. The summed E-state index contributed by atoms with van der Waals surface area (Å²) in [5.41, 5.74) is -0.135. The van der Waals surface area contributed by atoms with Gasteiger partial charge >= 0.3 is 6.18 Å². The molecule has 1 aliphatic carbocycles. The van der Waals surface area contributed by atoms with Crippen molar-refractivity contribution in [1.82, 2.24) is 19.5 Å². The molecule has 0 radical (unpaired) electrons. The van der Waals surface area contributed by atoms with Gasteiger partial charge in [0.15, 0.2) is 11.3 Å². The molecule has 1 saturated carbocycles. The maximum absolute atomic E-state index is 14.0. The van der Waals surface area contributed by atoms with Crippen LogP contribution in [0.15, 0.2) is 30.3 Å². The minimum Gasteiger partial charge on any atom is -0.354 e. The summed E-state index contributed by atoms with van der Waals surface area (Å²) in [5, 5.41) is 3.98. The van der Waals surface area contributed by atoms with Crippen LogP contribution in [0.1, 0.15) is 37.1 Å². The van der Waals surface area contributed by atoms with Gasteiger partial charge in [-0.25, -0.2) is 9.37 Å². The molecule has 3 heterocycles. The number of hydrogen-bond acceptors (Lipinski definition) is 4. The number of fused-ring (bicyclic) bond motifs is 1. The minimum absolute atomic E-state index is 0.118. The second kappa shape index (κ2) is 8.03. The summed E-state index contributed by atoms with van der Waals surface area (Å²) in [6, 6.07) is 7.40.